The van der Waals surface area contributed by atoms with Crippen LogP contribution in [0.1, 0.15) is 39.5 Å². The van der Waals surface area contributed by atoms with Crippen LogP contribution in [0.25, 0.3) is 0 Å². The first kappa shape index (κ1) is 10.4. The van der Waals surface area contributed by atoms with Crippen molar-refractivity contribution >= 4 is 0 Å². The summed E-state index contributed by atoms with van der Waals surface area (Å²) >= 11 is 0. The fraction of sp³-hybridized carbons (Fsp3) is 1.00. The Morgan fingerprint density at radius 1 is 1.36 bits per heavy atom. The summed E-state index contributed by atoms with van der Waals surface area (Å²) < 4.78 is 5.47. The molecule has 0 radical (unpaired) electrons. The molecule has 2 rings (SSSR count). The predicted octanol–water partition coefficient (Wildman–Crippen LogP) is 2.19. The summed E-state index contributed by atoms with van der Waals surface area (Å²) in [5.74, 6) is 0.771. The van der Waals surface area contributed by atoms with Gasteiger partial charge in [-0.2, -0.15) is 0 Å². The SMILES string of the molecule is CC1(C)CC(NCC2CCCOC2)C1. The van der Waals surface area contributed by atoms with E-state index in [4.69, 9.17) is 4.74 Å². The number of nitrogens with one attached hydrogen (secondary N) is 1. The largest absolute Gasteiger partial charge is 0.381 e. The molecule has 1 atom stereocenters. The van der Waals surface area contributed by atoms with Crippen molar-refractivity contribution in [3.8, 4) is 0 Å². The lowest BCUT2D eigenvalue weighted by Gasteiger charge is -2.43. The highest BCUT2D eigenvalue weighted by molar-refractivity contribution is 4.91. The Morgan fingerprint density at radius 3 is 2.71 bits per heavy atom. The lowest BCUT2D eigenvalue weighted by Crippen LogP contribution is -2.47. The minimum atomic E-state index is 0.598. The van der Waals surface area contributed by atoms with Crippen molar-refractivity contribution in [2.45, 2.75) is 45.6 Å². The summed E-state index contributed by atoms with van der Waals surface area (Å²) in [4.78, 5) is 0. The van der Waals surface area contributed by atoms with Crippen LogP contribution in [0.3, 0.4) is 0 Å². The van der Waals surface area contributed by atoms with Gasteiger partial charge in [0.2, 0.25) is 0 Å². The molecule has 1 aliphatic carbocycles. The molecule has 0 spiro atoms. The van der Waals surface area contributed by atoms with E-state index in [0.29, 0.717) is 5.41 Å². The molecule has 1 N–H and O–H groups in total. The van der Waals surface area contributed by atoms with Crippen LogP contribution in [0.5, 0.6) is 0 Å². The molecular weight excluding hydrogens is 174 g/mol. The Labute approximate surface area is 87.4 Å². The fourth-order valence-corrected chi connectivity index (χ4v) is 2.72. The third-order valence-corrected chi connectivity index (χ3v) is 3.55. The highest BCUT2D eigenvalue weighted by Gasteiger charge is 2.35. The molecule has 2 nitrogen and oxygen atoms in total. The van der Waals surface area contributed by atoms with E-state index in [-0.39, 0.29) is 0 Å². The van der Waals surface area contributed by atoms with Gasteiger partial charge >= 0.3 is 0 Å². The minimum absolute atomic E-state index is 0.598. The summed E-state index contributed by atoms with van der Waals surface area (Å²) in [6, 6.07) is 0.784. The predicted molar refractivity (Wildman–Crippen MR) is 58.3 cm³/mol. The Bertz CT molecular complexity index is 177. The second kappa shape index (κ2) is 4.19. The topological polar surface area (TPSA) is 21.3 Å². The second-order valence-corrected chi connectivity index (χ2v) is 5.76. The fourth-order valence-electron chi connectivity index (χ4n) is 2.72. The molecule has 2 fully saturated rings. The summed E-state index contributed by atoms with van der Waals surface area (Å²) in [5.41, 5.74) is 0.598. The van der Waals surface area contributed by atoms with Gasteiger partial charge in [0.05, 0.1) is 6.61 Å². The van der Waals surface area contributed by atoms with Crippen LogP contribution in [0.15, 0.2) is 0 Å². The van der Waals surface area contributed by atoms with Gasteiger partial charge in [-0.05, 0) is 37.0 Å². The molecule has 82 valence electrons. The van der Waals surface area contributed by atoms with Crippen molar-refractivity contribution in [2.75, 3.05) is 19.8 Å². The first-order chi connectivity index (χ1) is 6.66. The molecular formula is C12H23NO. The molecule has 0 aromatic heterocycles. The Kier molecular flexibility index (Phi) is 3.13. The van der Waals surface area contributed by atoms with Crippen molar-refractivity contribution in [3.05, 3.63) is 0 Å². The van der Waals surface area contributed by atoms with Gasteiger partial charge in [-0.25, -0.2) is 0 Å². The van der Waals surface area contributed by atoms with Crippen molar-refractivity contribution in [1.82, 2.24) is 5.32 Å². The summed E-state index contributed by atoms with van der Waals surface area (Å²) in [5, 5.41) is 3.66. The van der Waals surface area contributed by atoms with Crippen LogP contribution in [0, 0.1) is 11.3 Å². The van der Waals surface area contributed by atoms with Gasteiger partial charge in [-0.3, -0.25) is 0 Å². The third kappa shape index (κ3) is 2.71. The van der Waals surface area contributed by atoms with E-state index in [0.717, 1.165) is 25.2 Å². The molecule has 2 heteroatoms. The Morgan fingerprint density at radius 2 is 2.14 bits per heavy atom. The molecule has 0 bridgehead atoms. The molecule has 14 heavy (non-hydrogen) atoms. The first-order valence-electron chi connectivity index (χ1n) is 5.97. The molecule has 1 unspecified atom stereocenters. The zero-order valence-corrected chi connectivity index (χ0v) is 9.51. The van der Waals surface area contributed by atoms with E-state index in [2.05, 4.69) is 19.2 Å². The van der Waals surface area contributed by atoms with Crippen molar-refractivity contribution in [2.24, 2.45) is 11.3 Å². The lowest BCUT2D eigenvalue weighted by atomic mass is 9.68. The zero-order chi connectivity index (χ0) is 10.0. The maximum Gasteiger partial charge on any atom is 0.0506 e. The van der Waals surface area contributed by atoms with Gasteiger partial charge < -0.3 is 10.1 Å². The Balaban J connectivity index is 1.59. The number of hydrogen-bond acceptors (Lipinski definition) is 2. The van der Waals surface area contributed by atoms with Crippen LogP contribution < -0.4 is 5.32 Å². The summed E-state index contributed by atoms with van der Waals surface area (Å²) in [6.07, 6.45) is 5.30. The van der Waals surface area contributed by atoms with E-state index in [1.165, 1.54) is 32.2 Å². The maximum atomic E-state index is 5.47. The lowest BCUT2D eigenvalue weighted by molar-refractivity contribution is 0.0471. The van der Waals surface area contributed by atoms with Crippen LogP contribution in [-0.2, 0) is 4.74 Å². The molecule has 1 saturated carbocycles. The highest BCUT2D eigenvalue weighted by atomic mass is 16.5. The van der Waals surface area contributed by atoms with Crippen LogP contribution in [0.4, 0.5) is 0 Å². The van der Waals surface area contributed by atoms with Crippen molar-refractivity contribution in [1.29, 1.82) is 0 Å². The van der Waals surface area contributed by atoms with Gasteiger partial charge in [0, 0.05) is 19.2 Å². The standard InChI is InChI=1S/C12H23NO/c1-12(2)6-11(7-12)13-8-10-4-3-5-14-9-10/h10-11,13H,3-9H2,1-2H3. The number of rotatable bonds is 3. The molecule has 2 aliphatic rings. The maximum absolute atomic E-state index is 5.47. The van der Waals surface area contributed by atoms with Crippen LogP contribution in [-0.4, -0.2) is 25.8 Å². The van der Waals surface area contributed by atoms with E-state index in [9.17, 15) is 0 Å². The van der Waals surface area contributed by atoms with Gasteiger partial charge in [-0.1, -0.05) is 13.8 Å². The third-order valence-electron chi connectivity index (χ3n) is 3.55. The summed E-state index contributed by atoms with van der Waals surface area (Å²) in [6.45, 7) is 7.83. The smallest absolute Gasteiger partial charge is 0.0506 e. The monoisotopic (exact) mass is 197 g/mol. The van der Waals surface area contributed by atoms with E-state index >= 15 is 0 Å². The average molecular weight is 197 g/mol. The van der Waals surface area contributed by atoms with Gasteiger partial charge in [0.15, 0.2) is 0 Å². The number of hydrogen-bond donors (Lipinski definition) is 1. The van der Waals surface area contributed by atoms with Gasteiger partial charge in [0.1, 0.15) is 0 Å². The van der Waals surface area contributed by atoms with Crippen LogP contribution >= 0.6 is 0 Å². The van der Waals surface area contributed by atoms with Crippen molar-refractivity contribution < 1.29 is 4.74 Å². The van der Waals surface area contributed by atoms with Gasteiger partial charge in [-0.15, -0.1) is 0 Å². The Hall–Kier alpha value is -0.0800. The number of ether oxygens (including phenoxy) is 1. The molecule has 0 aromatic carbocycles. The van der Waals surface area contributed by atoms with Crippen molar-refractivity contribution in [3.63, 3.8) is 0 Å². The quantitative estimate of drug-likeness (QED) is 0.749. The van der Waals surface area contributed by atoms with E-state index in [1.807, 2.05) is 0 Å². The zero-order valence-electron chi connectivity index (χ0n) is 9.51. The van der Waals surface area contributed by atoms with E-state index < -0.39 is 0 Å². The molecule has 0 amide bonds. The normalized spacial score (nSPS) is 32.6. The molecule has 1 aliphatic heterocycles. The van der Waals surface area contributed by atoms with Crippen LogP contribution in [0.2, 0.25) is 0 Å². The average Bonchev–Trinajstić information content (AvgIpc) is 2.13. The molecule has 1 heterocycles. The minimum Gasteiger partial charge on any atom is -0.381 e. The molecule has 1 saturated heterocycles. The second-order valence-electron chi connectivity index (χ2n) is 5.76. The van der Waals surface area contributed by atoms with Gasteiger partial charge in [0.25, 0.3) is 0 Å². The first-order valence-corrected chi connectivity index (χ1v) is 5.97. The molecule has 0 aromatic rings. The summed E-state index contributed by atoms with van der Waals surface area (Å²) in [7, 11) is 0. The highest BCUT2D eigenvalue weighted by Crippen LogP contribution is 2.39. The van der Waals surface area contributed by atoms with E-state index in [1.54, 1.807) is 0 Å².